The quantitative estimate of drug-likeness (QED) is 0.466. The Morgan fingerprint density at radius 2 is 1.64 bits per heavy atom. The lowest BCUT2D eigenvalue weighted by molar-refractivity contribution is -0.137. The van der Waals surface area contributed by atoms with Gasteiger partial charge in [0.2, 0.25) is 0 Å². The first-order valence-corrected chi connectivity index (χ1v) is 9.52. The number of hydrogen-bond acceptors (Lipinski definition) is 3. The molecule has 0 amide bonds. The van der Waals surface area contributed by atoms with Gasteiger partial charge in [0.1, 0.15) is 5.01 Å². The Kier molecular flexibility index (Phi) is 5.20. The zero-order chi connectivity index (χ0) is 18.0. The average Bonchev–Trinajstić information content (AvgIpc) is 3.03. The third-order valence-corrected chi connectivity index (χ3v) is 6.10. The van der Waals surface area contributed by atoms with Gasteiger partial charge in [-0.3, -0.25) is 0 Å². The second-order valence-electron chi connectivity index (χ2n) is 5.73. The van der Waals surface area contributed by atoms with Crippen molar-refractivity contribution in [1.29, 1.82) is 0 Å². The van der Waals surface area contributed by atoms with Crippen LogP contribution in [-0.2, 0) is 11.9 Å². The SMILES string of the molecule is Cc1cccc(C)c1SCc1csc(-c2ccc(C(F)(F)F)cc2)n1. The van der Waals surface area contributed by atoms with Crippen LogP contribution in [-0.4, -0.2) is 4.98 Å². The molecule has 0 radical (unpaired) electrons. The Bertz CT molecular complexity index is 847. The first kappa shape index (κ1) is 18.0. The highest BCUT2D eigenvalue weighted by molar-refractivity contribution is 7.98. The fourth-order valence-corrected chi connectivity index (χ4v) is 4.44. The summed E-state index contributed by atoms with van der Waals surface area (Å²) in [5.41, 5.74) is 3.49. The van der Waals surface area contributed by atoms with Crippen molar-refractivity contribution in [3.05, 3.63) is 70.2 Å². The zero-order valence-electron chi connectivity index (χ0n) is 13.7. The maximum absolute atomic E-state index is 12.6. The molecule has 0 saturated carbocycles. The summed E-state index contributed by atoms with van der Waals surface area (Å²) < 4.78 is 37.9. The molecule has 1 nitrogen and oxygen atoms in total. The molecule has 0 aliphatic carbocycles. The minimum absolute atomic E-state index is 0.640. The van der Waals surface area contributed by atoms with Crippen LogP contribution >= 0.6 is 23.1 Å². The highest BCUT2D eigenvalue weighted by atomic mass is 32.2. The van der Waals surface area contributed by atoms with Crippen molar-refractivity contribution in [3.63, 3.8) is 0 Å². The molecule has 130 valence electrons. The first-order valence-electron chi connectivity index (χ1n) is 7.65. The number of alkyl halides is 3. The maximum Gasteiger partial charge on any atom is 0.416 e. The van der Waals surface area contributed by atoms with Crippen LogP contribution in [0.1, 0.15) is 22.4 Å². The summed E-state index contributed by atoms with van der Waals surface area (Å²) in [6, 6.07) is 11.4. The molecule has 3 aromatic rings. The summed E-state index contributed by atoms with van der Waals surface area (Å²) in [5, 5.41) is 2.71. The van der Waals surface area contributed by atoms with Gasteiger partial charge in [0, 0.05) is 21.6 Å². The van der Waals surface area contributed by atoms with E-state index in [0.717, 1.165) is 28.6 Å². The van der Waals surface area contributed by atoms with Crippen molar-refractivity contribution < 1.29 is 13.2 Å². The van der Waals surface area contributed by atoms with Crippen LogP contribution in [0.15, 0.2) is 52.7 Å². The molecule has 0 N–H and O–H groups in total. The number of nitrogens with zero attached hydrogens (tertiary/aromatic N) is 1. The molecule has 0 atom stereocenters. The molecule has 1 aromatic heterocycles. The zero-order valence-corrected chi connectivity index (χ0v) is 15.4. The molecule has 0 aliphatic rings. The van der Waals surface area contributed by atoms with E-state index >= 15 is 0 Å². The third kappa shape index (κ3) is 4.25. The van der Waals surface area contributed by atoms with Crippen LogP contribution in [0.4, 0.5) is 13.2 Å². The van der Waals surface area contributed by atoms with Crippen LogP contribution in [0.3, 0.4) is 0 Å². The molecule has 0 unspecified atom stereocenters. The van der Waals surface area contributed by atoms with E-state index in [1.54, 1.807) is 11.8 Å². The number of aromatic nitrogens is 1. The molecule has 2 aromatic carbocycles. The monoisotopic (exact) mass is 379 g/mol. The summed E-state index contributed by atoms with van der Waals surface area (Å²) in [6.07, 6.45) is -4.31. The van der Waals surface area contributed by atoms with Gasteiger partial charge in [-0.2, -0.15) is 13.2 Å². The number of halogens is 3. The number of thiazole rings is 1. The van der Waals surface area contributed by atoms with Gasteiger partial charge in [-0.25, -0.2) is 4.98 Å². The van der Waals surface area contributed by atoms with E-state index in [2.05, 4.69) is 31.0 Å². The fraction of sp³-hybridized carbons (Fsp3) is 0.211. The number of hydrogen-bond donors (Lipinski definition) is 0. The summed E-state index contributed by atoms with van der Waals surface area (Å²) in [7, 11) is 0. The van der Waals surface area contributed by atoms with E-state index in [1.165, 1.54) is 39.5 Å². The molecule has 0 bridgehead atoms. The first-order chi connectivity index (χ1) is 11.8. The Morgan fingerprint density at radius 1 is 1.00 bits per heavy atom. The van der Waals surface area contributed by atoms with Gasteiger partial charge in [-0.05, 0) is 37.1 Å². The highest BCUT2D eigenvalue weighted by Crippen LogP contribution is 2.33. The van der Waals surface area contributed by atoms with E-state index in [1.807, 2.05) is 11.4 Å². The van der Waals surface area contributed by atoms with Crippen LogP contribution in [0.2, 0.25) is 0 Å². The second kappa shape index (κ2) is 7.22. The molecule has 1 heterocycles. The highest BCUT2D eigenvalue weighted by Gasteiger charge is 2.30. The number of benzene rings is 2. The number of rotatable bonds is 4. The molecular formula is C19H16F3NS2. The summed E-state index contributed by atoms with van der Waals surface area (Å²) in [5.74, 6) is 0.739. The lowest BCUT2D eigenvalue weighted by Crippen LogP contribution is -2.03. The normalized spacial score (nSPS) is 11.7. The van der Waals surface area contributed by atoms with Gasteiger partial charge in [0.25, 0.3) is 0 Å². The molecule has 0 saturated heterocycles. The summed E-state index contributed by atoms with van der Waals surface area (Å²) in [6.45, 7) is 4.17. The van der Waals surface area contributed by atoms with Crippen molar-refractivity contribution >= 4 is 23.1 Å². The van der Waals surface area contributed by atoms with E-state index in [9.17, 15) is 13.2 Å². The molecule has 6 heteroatoms. The maximum atomic E-state index is 12.6. The van der Waals surface area contributed by atoms with Gasteiger partial charge in [0.05, 0.1) is 11.3 Å². The van der Waals surface area contributed by atoms with Crippen molar-refractivity contribution in [1.82, 2.24) is 4.98 Å². The van der Waals surface area contributed by atoms with Crippen LogP contribution < -0.4 is 0 Å². The third-order valence-electron chi connectivity index (χ3n) is 3.78. The predicted molar refractivity (Wildman–Crippen MR) is 98.0 cm³/mol. The fourth-order valence-electron chi connectivity index (χ4n) is 2.48. The smallest absolute Gasteiger partial charge is 0.240 e. The Labute approximate surface area is 152 Å². The van der Waals surface area contributed by atoms with Crippen molar-refractivity contribution in [2.45, 2.75) is 30.7 Å². The van der Waals surface area contributed by atoms with E-state index < -0.39 is 11.7 Å². The standard InChI is InChI=1S/C19H16F3NS2/c1-12-4-3-5-13(2)17(12)24-10-16-11-25-18(23-16)14-6-8-15(9-7-14)19(20,21)22/h3-9,11H,10H2,1-2H3. The van der Waals surface area contributed by atoms with Gasteiger partial charge in [-0.15, -0.1) is 23.1 Å². The molecule has 0 fully saturated rings. The Balaban J connectivity index is 1.72. The Hall–Kier alpha value is -1.79. The minimum Gasteiger partial charge on any atom is -0.240 e. The van der Waals surface area contributed by atoms with Crippen molar-refractivity contribution in [2.75, 3.05) is 0 Å². The Morgan fingerprint density at radius 3 is 2.24 bits per heavy atom. The predicted octanol–water partition coefficient (Wildman–Crippen LogP) is 6.74. The van der Waals surface area contributed by atoms with Gasteiger partial charge < -0.3 is 0 Å². The van der Waals surface area contributed by atoms with Crippen molar-refractivity contribution in [2.24, 2.45) is 0 Å². The van der Waals surface area contributed by atoms with Gasteiger partial charge in [0.15, 0.2) is 0 Å². The minimum atomic E-state index is -4.31. The van der Waals surface area contributed by atoms with Crippen LogP contribution in [0.5, 0.6) is 0 Å². The summed E-state index contributed by atoms with van der Waals surface area (Å²) >= 11 is 3.19. The molecule has 0 spiro atoms. The van der Waals surface area contributed by atoms with E-state index in [0.29, 0.717) is 5.56 Å². The lowest BCUT2D eigenvalue weighted by atomic mass is 10.1. The van der Waals surface area contributed by atoms with E-state index in [4.69, 9.17) is 0 Å². The van der Waals surface area contributed by atoms with Gasteiger partial charge in [-0.1, -0.05) is 30.3 Å². The topological polar surface area (TPSA) is 12.9 Å². The van der Waals surface area contributed by atoms with Gasteiger partial charge >= 0.3 is 6.18 Å². The average molecular weight is 379 g/mol. The second-order valence-corrected chi connectivity index (χ2v) is 7.57. The molecular weight excluding hydrogens is 363 g/mol. The summed E-state index contributed by atoms with van der Waals surface area (Å²) in [4.78, 5) is 5.82. The molecule has 0 aliphatic heterocycles. The lowest BCUT2D eigenvalue weighted by Gasteiger charge is -2.08. The largest absolute Gasteiger partial charge is 0.416 e. The molecule has 3 rings (SSSR count). The number of aryl methyl sites for hydroxylation is 2. The number of thioether (sulfide) groups is 1. The van der Waals surface area contributed by atoms with E-state index in [-0.39, 0.29) is 0 Å². The van der Waals surface area contributed by atoms with Crippen molar-refractivity contribution in [3.8, 4) is 10.6 Å². The van der Waals surface area contributed by atoms with Crippen LogP contribution in [0.25, 0.3) is 10.6 Å². The van der Waals surface area contributed by atoms with Crippen LogP contribution in [0, 0.1) is 13.8 Å². The molecule has 25 heavy (non-hydrogen) atoms.